The monoisotopic (exact) mass is 519 g/mol. The van der Waals surface area contributed by atoms with Gasteiger partial charge in [0.1, 0.15) is 11.9 Å². The molecule has 10 heteroatoms. The first-order valence-corrected chi connectivity index (χ1v) is 12.4. The fourth-order valence-electron chi connectivity index (χ4n) is 5.11. The van der Waals surface area contributed by atoms with Gasteiger partial charge in [-0.15, -0.1) is 0 Å². The number of methoxy groups -OCH3 is 1. The van der Waals surface area contributed by atoms with Gasteiger partial charge in [0.2, 0.25) is 0 Å². The standard InChI is InChI=1S/C26H34ClN3O6/c1-15-7-18(27)9-28-24(15)29-10-19(11-29)36-23-8-17(5-6-22(23)35-4)20-12-30(25(34)21(33)13-31)14-26(20,3)16(2)32/h5-9,16,19-21,31-33H,10-14H2,1-4H3/t16?,20-,21?,26-/m0/s1. The first-order valence-electron chi connectivity index (χ1n) is 12.0. The zero-order chi connectivity index (χ0) is 26.2. The average Bonchev–Trinajstić information content (AvgIpc) is 3.19. The molecule has 2 aliphatic heterocycles. The van der Waals surface area contributed by atoms with Gasteiger partial charge in [0.15, 0.2) is 17.6 Å². The Morgan fingerprint density at radius 1 is 1.25 bits per heavy atom. The SMILES string of the molecule is COc1ccc([C@@H]2CN(C(=O)C(O)CO)C[C@@]2(C)C(C)O)cc1OC1CN(c2ncc(Cl)cc2C)C1. The van der Waals surface area contributed by atoms with Crippen molar-refractivity contribution in [3.05, 3.63) is 46.6 Å². The molecule has 3 heterocycles. The Balaban J connectivity index is 1.53. The predicted molar refractivity (Wildman–Crippen MR) is 136 cm³/mol. The number of aromatic nitrogens is 1. The van der Waals surface area contributed by atoms with Crippen LogP contribution in [0.15, 0.2) is 30.5 Å². The second-order valence-electron chi connectivity index (χ2n) is 10.0. The van der Waals surface area contributed by atoms with Crippen molar-refractivity contribution < 1.29 is 29.6 Å². The Kier molecular flexibility index (Phi) is 7.66. The minimum absolute atomic E-state index is 0.0597. The van der Waals surface area contributed by atoms with Gasteiger partial charge in [-0.25, -0.2) is 4.98 Å². The second-order valence-corrected chi connectivity index (χ2v) is 10.4. The van der Waals surface area contributed by atoms with E-state index in [0.717, 1.165) is 16.9 Å². The molecule has 2 unspecified atom stereocenters. The van der Waals surface area contributed by atoms with Crippen LogP contribution < -0.4 is 14.4 Å². The topological polar surface area (TPSA) is 116 Å². The van der Waals surface area contributed by atoms with Crippen molar-refractivity contribution in [2.24, 2.45) is 5.41 Å². The van der Waals surface area contributed by atoms with Gasteiger partial charge < -0.3 is 34.6 Å². The largest absolute Gasteiger partial charge is 0.493 e. The lowest BCUT2D eigenvalue weighted by atomic mass is 9.72. The Bertz CT molecular complexity index is 1110. The highest BCUT2D eigenvalue weighted by molar-refractivity contribution is 6.30. The summed E-state index contributed by atoms with van der Waals surface area (Å²) in [6.07, 6.45) is -0.611. The molecule has 1 amide bonds. The maximum Gasteiger partial charge on any atom is 0.253 e. The van der Waals surface area contributed by atoms with Gasteiger partial charge in [-0.1, -0.05) is 24.6 Å². The smallest absolute Gasteiger partial charge is 0.253 e. The number of nitrogens with zero attached hydrogens (tertiary/aromatic N) is 3. The number of benzene rings is 1. The summed E-state index contributed by atoms with van der Waals surface area (Å²) in [4.78, 5) is 20.7. The Morgan fingerprint density at radius 3 is 2.58 bits per heavy atom. The lowest BCUT2D eigenvalue weighted by Gasteiger charge is -2.40. The minimum atomic E-state index is -1.47. The van der Waals surface area contributed by atoms with Crippen molar-refractivity contribution in [2.75, 3.05) is 44.8 Å². The van der Waals surface area contributed by atoms with Crippen LogP contribution in [-0.4, -0.2) is 89.3 Å². The highest BCUT2D eigenvalue weighted by Gasteiger charge is 2.49. The van der Waals surface area contributed by atoms with Gasteiger partial charge in [-0.05, 0) is 43.2 Å². The minimum Gasteiger partial charge on any atom is -0.493 e. The van der Waals surface area contributed by atoms with Crippen molar-refractivity contribution in [3.63, 3.8) is 0 Å². The van der Waals surface area contributed by atoms with Crippen LogP contribution in [0.4, 0.5) is 5.82 Å². The average molecular weight is 520 g/mol. The first-order chi connectivity index (χ1) is 17.1. The summed E-state index contributed by atoms with van der Waals surface area (Å²) in [5.41, 5.74) is 1.25. The van der Waals surface area contributed by atoms with Crippen LogP contribution >= 0.6 is 11.6 Å². The molecule has 2 fully saturated rings. The Morgan fingerprint density at radius 2 is 1.97 bits per heavy atom. The van der Waals surface area contributed by atoms with Gasteiger partial charge in [0, 0.05) is 30.6 Å². The van der Waals surface area contributed by atoms with Gasteiger partial charge in [-0.2, -0.15) is 0 Å². The van der Waals surface area contributed by atoms with E-state index >= 15 is 0 Å². The number of likely N-dealkylation sites (tertiary alicyclic amines) is 1. The van der Waals surface area contributed by atoms with Crippen LogP contribution in [0.1, 0.15) is 30.9 Å². The third kappa shape index (κ3) is 4.98. The highest BCUT2D eigenvalue weighted by atomic mass is 35.5. The number of hydrogen-bond donors (Lipinski definition) is 3. The molecule has 0 spiro atoms. The summed E-state index contributed by atoms with van der Waals surface area (Å²) in [7, 11) is 1.59. The van der Waals surface area contributed by atoms with Crippen molar-refractivity contribution in [1.29, 1.82) is 0 Å². The van der Waals surface area contributed by atoms with E-state index in [1.165, 1.54) is 4.90 Å². The summed E-state index contributed by atoms with van der Waals surface area (Å²) in [5.74, 6) is 1.32. The van der Waals surface area contributed by atoms with E-state index in [2.05, 4.69) is 9.88 Å². The zero-order valence-corrected chi connectivity index (χ0v) is 21.8. The number of halogens is 1. The van der Waals surface area contributed by atoms with E-state index in [4.69, 9.17) is 21.1 Å². The molecule has 4 atom stereocenters. The number of carbonyl (C=O) groups excluding carboxylic acids is 1. The predicted octanol–water partition coefficient (Wildman–Crippen LogP) is 1.99. The number of hydrogen-bond acceptors (Lipinski definition) is 8. The maximum atomic E-state index is 12.6. The van der Waals surface area contributed by atoms with Crippen LogP contribution in [0.5, 0.6) is 11.5 Å². The third-order valence-electron chi connectivity index (χ3n) is 7.50. The molecule has 0 radical (unpaired) electrons. The summed E-state index contributed by atoms with van der Waals surface area (Å²) >= 11 is 6.03. The molecule has 4 rings (SSSR count). The Labute approximate surface area is 216 Å². The molecule has 2 saturated heterocycles. The number of carbonyl (C=O) groups is 1. The normalized spacial score (nSPS) is 23.8. The number of ether oxygens (including phenoxy) is 2. The number of rotatable bonds is 8. The summed E-state index contributed by atoms with van der Waals surface area (Å²) in [5, 5.41) is 30.4. The fraction of sp³-hybridized carbons (Fsp3) is 0.538. The lowest BCUT2D eigenvalue weighted by Crippen LogP contribution is -2.54. The zero-order valence-electron chi connectivity index (χ0n) is 21.0. The van der Waals surface area contributed by atoms with Crippen LogP contribution in [0.2, 0.25) is 5.02 Å². The number of anilines is 1. The van der Waals surface area contributed by atoms with Gasteiger partial charge in [0.05, 0.1) is 37.9 Å². The van der Waals surface area contributed by atoms with Gasteiger partial charge in [0.25, 0.3) is 5.91 Å². The third-order valence-corrected chi connectivity index (χ3v) is 7.71. The van der Waals surface area contributed by atoms with E-state index in [9.17, 15) is 20.1 Å². The molecule has 36 heavy (non-hydrogen) atoms. The van der Waals surface area contributed by atoms with Crippen LogP contribution in [0, 0.1) is 12.3 Å². The molecule has 0 saturated carbocycles. The van der Waals surface area contributed by atoms with E-state index in [1.807, 2.05) is 38.1 Å². The van der Waals surface area contributed by atoms with E-state index in [1.54, 1.807) is 20.2 Å². The molecule has 0 bridgehead atoms. The van der Waals surface area contributed by atoms with E-state index in [-0.39, 0.29) is 18.6 Å². The van der Waals surface area contributed by atoms with Crippen LogP contribution in [0.3, 0.4) is 0 Å². The number of amides is 1. The van der Waals surface area contributed by atoms with E-state index in [0.29, 0.717) is 36.2 Å². The molecule has 2 aliphatic rings. The number of aliphatic hydroxyl groups excluding tert-OH is 3. The molecule has 0 aliphatic carbocycles. The quantitative estimate of drug-likeness (QED) is 0.485. The van der Waals surface area contributed by atoms with E-state index < -0.39 is 30.1 Å². The lowest BCUT2D eigenvalue weighted by molar-refractivity contribution is -0.141. The molecule has 9 nitrogen and oxygen atoms in total. The molecule has 1 aromatic carbocycles. The van der Waals surface area contributed by atoms with Crippen molar-refractivity contribution in [1.82, 2.24) is 9.88 Å². The molecule has 2 aromatic rings. The fourth-order valence-corrected chi connectivity index (χ4v) is 5.33. The number of aliphatic hydroxyl groups is 3. The molecule has 196 valence electrons. The summed E-state index contributed by atoms with van der Waals surface area (Å²) < 4.78 is 11.9. The molecular weight excluding hydrogens is 486 g/mol. The second kappa shape index (κ2) is 10.4. The maximum absolute atomic E-state index is 12.6. The van der Waals surface area contributed by atoms with Crippen LogP contribution in [0.25, 0.3) is 0 Å². The molecule has 3 N–H and O–H groups in total. The number of pyridine rings is 1. The number of aryl methyl sites for hydroxylation is 1. The van der Waals surface area contributed by atoms with Gasteiger partial charge in [-0.3, -0.25) is 4.79 Å². The summed E-state index contributed by atoms with van der Waals surface area (Å²) in [6.45, 7) is 6.87. The first kappa shape index (κ1) is 26.5. The highest BCUT2D eigenvalue weighted by Crippen LogP contribution is 2.47. The molecule has 1 aromatic heterocycles. The Hall–Kier alpha value is -2.59. The van der Waals surface area contributed by atoms with Crippen molar-refractivity contribution in [2.45, 2.75) is 45.0 Å². The van der Waals surface area contributed by atoms with Crippen LogP contribution in [-0.2, 0) is 4.79 Å². The summed E-state index contributed by atoms with van der Waals surface area (Å²) in [6, 6.07) is 7.55. The van der Waals surface area contributed by atoms with Crippen molar-refractivity contribution >= 4 is 23.3 Å². The van der Waals surface area contributed by atoms with Gasteiger partial charge >= 0.3 is 0 Å². The molecular formula is C26H34ClN3O6. The van der Waals surface area contributed by atoms with Crippen molar-refractivity contribution in [3.8, 4) is 11.5 Å².